The summed E-state index contributed by atoms with van der Waals surface area (Å²) in [7, 11) is -2.84. The number of hydrogen-bond donors (Lipinski definition) is 1. The molecule has 0 aromatic carbocycles. The van der Waals surface area contributed by atoms with Gasteiger partial charge < -0.3 is 5.73 Å². The predicted octanol–water partition coefficient (Wildman–Crippen LogP) is 1.01. The van der Waals surface area contributed by atoms with Crippen molar-refractivity contribution in [2.45, 2.75) is 44.6 Å². The Morgan fingerprint density at radius 3 is 2.29 bits per heavy atom. The van der Waals surface area contributed by atoms with Gasteiger partial charge in [-0.2, -0.15) is 0 Å². The Kier molecular flexibility index (Phi) is 5.41. The van der Waals surface area contributed by atoms with Crippen LogP contribution in [-0.4, -0.2) is 50.5 Å². The summed E-state index contributed by atoms with van der Waals surface area (Å²) in [4.78, 5) is 2.39. The minimum absolute atomic E-state index is 0.145. The zero-order valence-electron chi connectivity index (χ0n) is 11.1. The minimum atomic E-state index is -2.84. The maximum Gasteiger partial charge on any atom is 0.147 e. The Morgan fingerprint density at radius 1 is 1.29 bits per heavy atom. The predicted molar refractivity (Wildman–Crippen MR) is 71.8 cm³/mol. The van der Waals surface area contributed by atoms with Gasteiger partial charge in [0.1, 0.15) is 9.84 Å². The van der Waals surface area contributed by atoms with Crippen LogP contribution in [0.3, 0.4) is 0 Å². The van der Waals surface area contributed by atoms with E-state index in [4.69, 9.17) is 5.73 Å². The third-order valence-corrected chi connectivity index (χ3v) is 4.94. The molecule has 0 bridgehead atoms. The maximum absolute atomic E-state index is 11.1. The SMILES string of the molecule is CCN(CCCS(C)(=O)=O)C1(CN)CCCC1. The van der Waals surface area contributed by atoms with Gasteiger partial charge in [0.05, 0.1) is 5.75 Å². The molecule has 0 aromatic heterocycles. The molecular formula is C12H26N2O2S. The molecule has 0 spiro atoms. The first kappa shape index (κ1) is 14.9. The average molecular weight is 262 g/mol. The number of rotatable bonds is 7. The number of sulfone groups is 1. The van der Waals surface area contributed by atoms with E-state index < -0.39 is 9.84 Å². The van der Waals surface area contributed by atoms with Gasteiger partial charge >= 0.3 is 0 Å². The van der Waals surface area contributed by atoms with Crippen LogP contribution in [0.15, 0.2) is 0 Å². The molecule has 0 amide bonds. The monoisotopic (exact) mass is 262 g/mol. The van der Waals surface area contributed by atoms with E-state index in [9.17, 15) is 8.42 Å². The molecule has 0 unspecified atom stereocenters. The van der Waals surface area contributed by atoms with Crippen molar-refractivity contribution in [1.29, 1.82) is 0 Å². The van der Waals surface area contributed by atoms with E-state index in [2.05, 4.69) is 11.8 Å². The fourth-order valence-corrected chi connectivity index (χ4v) is 3.58. The Hall–Kier alpha value is -0.130. The van der Waals surface area contributed by atoms with Crippen LogP contribution in [-0.2, 0) is 9.84 Å². The third kappa shape index (κ3) is 4.23. The molecule has 102 valence electrons. The van der Waals surface area contributed by atoms with E-state index in [1.807, 2.05) is 0 Å². The highest BCUT2D eigenvalue weighted by Crippen LogP contribution is 2.34. The quantitative estimate of drug-likeness (QED) is 0.744. The molecule has 0 aliphatic heterocycles. The van der Waals surface area contributed by atoms with E-state index in [-0.39, 0.29) is 11.3 Å². The van der Waals surface area contributed by atoms with Crippen molar-refractivity contribution in [3.8, 4) is 0 Å². The number of nitrogens with two attached hydrogens (primary N) is 1. The summed E-state index contributed by atoms with van der Waals surface area (Å²) >= 11 is 0. The lowest BCUT2D eigenvalue weighted by Crippen LogP contribution is -2.52. The lowest BCUT2D eigenvalue weighted by Gasteiger charge is -2.40. The van der Waals surface area contributed by atoms with E-state index in [1.165, 1.54) is 19.1 Å². The molecule has 0 aromatic rings. The summed E-state index contributed by atoms with van der Waals surface area (Å²) in [5.41, 5.74) is 6.09. The third-order valence-electron chi connectivity index (χ3n) is 3.91. The lowest BCUT2D eigenvalue weighted by molar-refractivity contribution is 0.106. The summed E-state index contributed by atoms with van der Waals surface area (Å²) in [6.07, 6.45) is 6.85. The smallest absolute Gasteiger partial charge is 0.147 e. The summed E-state index contributed by atoms with van der Waals surface area (Å²) in [5, 5.41) is 0. The van der Waals surface area contributed by atoms with Crippen molar-refractivity contribution >= 4 is 9.84 Å². The number of nitrogens with zero attached hydrogens (tertiary/aromatic N) is 1. The van der Waals surface area contributed by atoms with Crippen LogP contribution in [0.25, 0.3) is 0 Å². The van der Waals surface area contributed by atoms with Crippen LogP contribution in [0, 0.1) is 0 Å². The van der Waals surface area contributed by atoms with Crippen LogP contribution in [0.2, 0.25) is 0 Å². The fraction of sp³-hybridized carbons (Fsp3) is 1.00. The second-order valence-electron chi connectivity index (χ2n) is 5.20. The van der Waals surface area contributed by atoms with Crippen molar-refractivity contribution in [1.82, 2.24) is 4.90 Å². The maximum atomic E-state index is 11.1. The van der Waals surface area contributed by atoms with Crippen LogP contribution in [0.1, 0.15) is 39.0 Å². The molecule has 0 saturated heterocycles. The van der Waals surface area contributed by atoms with Gasteiger partial charge in [-0.1, -0.05) is 19.8 Å². The minimum Gasteiger partial charge on any atom is -0.329 e. The van der Waals surface area contributed by atoms with Gasteiger partial charge in [-0.25, -0.2) is 8.42 Å². The average Bonchev–Trinajstić information content (AvgIpc) is 2.72. The molecule has 5 heteroatoms. The molecule has 2 N–H and O–H groups in total. The number of likely N-dealkylation sites (N-methyl/N-ethyl adjacent to an activating group) is 1. The molecule has 0 radical (unpaired) electrons. The standard InChI is InChI=1S/C12H26N2O2S/c1-3-14(9-6-10-17(2,15)16)12(11-13)7-4-5-8-12/h3-11,13H2,1-2H3. The van der Waals surface area contributed by atoms with Gasteiger partial charge in [-0.3, -0.25) is 4.90 Å². The molecule has 17 heavy (non-hydrogen) atoms. The first-order valence-electron chi connectivity index (χ1n) is 6.56. The summed E-state index contributed by atoms with van der Waals surface area (Å²) in [6.45, 7) is 4.64. The highest BCUT2D eigenvalue weighted by Gasteiger charge is 2.37. The van der Waals surface area contributed by atoms with Gasteiger partial charge in [-0.15, -0.1) is 0 Å². The molecule has 1 aliphatic rings. The summed E-state index contributed by atoms with van der Waals surface area (Å²) in [5.74, 6) is 0.282. The Bertz CT molecular complexity index is 321. The molecule has 0 heterocycles. The molecule has 1 saturated carbocycles. The number of hydrogen-bond acceptors (Lipinski definition) is 4. The van der Waals surface area contributed by atoms with E-state index in [1.54, 1.807) is 0 Å². The van der Waals surface area contributed by atoms with Gasteiger partial charge in [-0.05, 0) is 32.4 Å². The highest BCUT2D eigenvalue weighted by molar-refractivity contribution is 7.90. The Labute approximate surface area is 105 Å². The molecule has 1 aliphatic carbocycles. The van der Waals surface area contributed by atoms with E-state index >= 15 is 0 Å². The van der Waals surface area contributed by atoms with Crippen LogP contribution in [0.4, 0.5) is 0 Å². The van der Waals surface area contributed by atoms with Crippen LogP contribution < -0.4 is 5.73 Å². The summed E-state index contributed by atoms with van der Waals surface area (Å²) in [6, 6.07) is 0. The second kappa shape index (κ2) is 6.16. The van der Waals surface area contributed by atoms with Crippen molar-refractivity contribution in [2.75, 3.05) is 31.6 Å². The van der Waals surface area contributed by atoms with E-state index in [0.717, 1.165) is 25.9 Å². The molecule has 4 nitrogen and oxygen atoms in total. The molecule has 1 fully saturated rings. The Morgan fingerprint density at radius 2 is 1.88 bits per heavy atom. The topological polar surface area (TPSA) is 63.4 Å². The van der Waals surface area contributed by atoms with Gasteiger partial charge in [0.25, 0.3) is 0 Å². The van der Waals surface area contributed by atoms with Crippen LogP contribution in [0.5, 0.6) is 0 Å². The van der Waals surface area contributed by atoms with Crippen molar-refractivity contribution in [3.63, 3.8) is 0 Å². The first-order valence-corrected chi connectivity index (χ1v) is 8.62. The van der Waals surface area contributed by atoms with Crippen molar-refractivity contribution < 1.29 is 8.42 Å². The van der Waals surface area contributed by atoms with Gasteiger partial charge in [0.15, 0.2) is 0 Å². The molecule has 0 atom stereocenters. The van der Waals surface area contributed by atoms with Crippen LogP contribution >= 0.6 is 0 Å². The molecular weight excluding hydrogens is 236 g/mol. The first-order chi connectivity index (χ1) is 7.93. The summed E-state index contributed by atoms with van der Waals surface area (Å²) < 4.78 is 22.3. The van der Waals surface area contributed by atoms with Crippen molar-refractivity contribution in [3.05, 3.63) is 0 Å². The van der Waals surface area contributed by atoms with Gasteiger partial charge in [0, 0.05) is 18.3 Å². The second-order valence-corrected chi connectivity index (χ2v) is 7.46. The van der Waals surface area contributed by atoms with Gasteiger partial charge in [0.2, 0.25) is 0 Å². The zero-order valence-corrected chi connectivity index (χ0v) is 11.9. The zero-order chi connectivity index (χ0) is 12.9. The van der Waals surface area contributed by atoms with Crippen molar-refractivity contribution in [2.24, 2.45) is 5.73 Å². The lowest BCUT2D eigenvalue weighted by atomic mass is 9.95. The highest BCUT2D eigenvalue weighted by atomic mass is 32.2. The largest absolute Gasteiger partial charge is 0.329 e. The Balaban J connectivity index is 2.52. The molecule has 1 rings (SSSR count). The fourth-order valence-electron chi connectivity index (χ4n) is 2.93. The van der Waals surface area contributed by atoms with E-state index in [0.29, 0.717) is 13.0 Å². The normalized spacial score (nSPS) is 20.0.